The lowest BCUT2D eigenvalue weighted by atomic mass is 9.80. The van der Waals surface area contributed by atoms with Crippen molar-refractivity contribution in [1.29, 1.82) is 0 Å². The summed E-state index contributed by atoms with van der Waals surface area (Å²) in [7, 11) is 1.56. The van der Waals surface area contributed by atoms with Gasteiger partial charge in [0.1, 0.15) is 5.00 Å². The highest BCUT2D eigenvalue weighted by atomic mass is 32.1. The Bertz CT molecular complexity index is 439. The molecule has 1 fully saturated rings. The molecule has 0 bridgehead atoms. The maximum absolute atomic E-state index is 12.1. The normalized spacial score (nSPS) is 22.0. The smallest absolute Gasteiger partial charge is 0.252 e. The highest BCUT2D eigenvalue weighted by molar-refractivity contribution is 7.14. The lowest BCUT2D eigenvalue weighted by Gasteiger charge is -2.28. The molecule has 118 valence electrons. The third kappa shape index (κ3) is 5.00. The van der Waals surface area contributed by atoms with Crippen LogP contribution in [0.15, 0.2) is 11.4 Å². The molecule has 2 N–H and O–H groups in total. The molecule has 1 aromatic rings. The highest BCUT2D eigenvalue weighted by Crippen LogP contribution is 2.31. The number of rotatable bonds is 7. The SMILES string of the molecule is CCCC1CCC(CNC(=O)c2csc(NOC)c2)CC1. The third-order valence-corrected chi connectivity index (χ3v) is 5.11. The predicted octanol–water partition coefficient (Wildman–Crippen LogP) is 4.06. The van der Waals surface area contributed by atoms with Crippen LogP contribution in [0.5, 0.6) is 0 Å². The minimum atomic E-state index is 0.0195. The Morgan fingerprint density at radius 2 is 2.05 bits per heavy atom. The molecule has 1 amide bonds. The molecule has 0 unspecified atom stereocenters. The summed E-state index contributed by atoms with van der Waals surface area (Å²) in [6.45, 7) is 3.07. The second-order valence-corrected chi connectivity index (χ2v) is 6.80. The van der Waals surface area contributed by atoms with E-state index in [2.05, 4.69) is 17.7 Å². The van der Waals surface area contributed by atoms with E-state index in [4.69, 9.17) is 4.84 Å². The maximum atomic E-state index is 12.1. The molecule has 5 heteroatoms. The number of hydrogen-bond donors (Lipinski definition) is 2. The monoisotopic (exact) mass is 310 g/mol. The number of carbonyl (C=O) groups is 1. The molecule has 4 nitrogen and oxygen atoms in total. The van der Waals surface area contributed by atoms with E-state index in [0.717, 1.165) is 17.5 Å². The lowest BCUT2D eigenvalue weighted by molar-refractivity contribution is 0.0941. The maximum Gasteiger partial charge on any atom is 0.252 e. The average molecular weight is 310 g/mol. The molecule has 1 aliphatic carbocycles. The van der Waals surface area contributed by atoms with E-state index in [9.17, 15) is 4.79 Å². The Kier molecular flexibility index (Phi) is 6.51. The molecule has 0 saturated heterocycles. The van der Waals surface area contributed by atoms with E-state index < -0.39 is 0 Å². The van der Waals surface area contributed by atoms with Gasteiger partial charge in [0.25, 0.3) is 5.91 Å². The van der Waals surface area contributed by atoms with Crippen LogP contribution in [0.1, 0.15) is 55.8 Å². The molecule has 0 atom stereocenters. The van der Waals surface area contributed by atoms with Gasteiger partial charge >= 0.3 is 0 Å². The van der Waals surface area contributed by atoms with Crippen LogP contribution in [-0.4, -0.2) is 19.6 Å². The quantitative estimate of drug-likeness (QED) is 0.747. The highest BCUT2D eigenvalue weighted by Gasteiger charge is 2.21. The minimum absolute atomic E-state index is 0.0195. The Balaban J connectivity index is 1.71. The first kappa shape index (κ1) is 16.3. The fourth-order valence-electron chi connectivity index (χ4n) is 3.08. The fraction of sp³-hybridized carbons (Fsp3) is 0.688. The molecule has 1 aliphatic rings. The van der Waals surface area contributed by atoms with Gasteiger partial charge in [-0.1, -0.05) is 32.6 Å². The minimum Gasteiger partial charge on any atom is -0.352 e. The van der Waals surface area contributed by atoms with Crippen molar-refractivity contribution in [2.45, 2.75) is 45.4 Å². The summed E-state index contributed by atoms with van der Waals surface area (Å²) >= 11 is 1.47. The zero-order valence-electron chi connectivity index (χ0n) is 13.0. The number of thiophene rings is 1. The van der Waals surface area contributed by atoms with Crippen LogP contribution >= 0.6 is 11.3 Å². The summed E-state index contributed by atoms with van der Waals surface area (Å²) in [5.74, 6) is 1.59. The molecule has 0 aliphatic heterocycles. The van der Waals surface area contributed by atoms with E-state index in [0.29, 0.717) is 11.5 Å². The van der Waals surface area contributed by atoms with Gasteiger partial charge in [-0.25, -0.2) is 0 Å². The summed E-state index contributed by atoms with van der Waals surface area (Å²) in [6.07, 6.45) is 7.82. The van der Waals surface area contributed by atoms with Gasteiger partial charge in [-0.05, 0) is 30.7 Å². The molecular weight excluding hydrogens is 284 g/mol. The second-order valence-electron chi connectivity index (χ2n) is 5.89. The Hall–Kier alpha value is -1.07. The van der Waals surface area contributed by atoms with Gasteiger partial charge in [0.2, 0.25) is 0 Å². The molecule has 1 heterocycles. The Morgan fingerprint density at radius 3 is 2.71 bits per heavy atom. The molecule has 1 saturated carbocycles. The molecule has 0 spiro atoms. The topological polar surface area (TPSA) is 50.4 Å². The second kappa shape index (κ2) is 8.39. The number of hydrogen-bond acceptors (Lipinski definition) is 4. The number of anilines is 1. The van der Waals surface area contributed by atoms with Gasteiger partial charge in [-0.15, -0.1) is 11.3 Å². The van der Waals surface area contributed by atoms with Crippen molar-refractivity contribution in [2.75, 3.05) is 19.1 Å². The first-order valence-electron chi connectivity index (χ1n) is 7.88. The molecule has 0 radical (unpaired) electrons. The van der Waals surface area contributed by atoms with Crippen molar-refractivity contribution in [3.8, 4) is 0 Å². The van der Waals surface area contributed by atoms with E-state index in [-0.39, 0.29) is 5.91 Å². The number of nitrogens with one attached hydrogen (secondary N) is 2. The van der Waals surface area contributed by atoms with Crippen LogP contribution in [-0.2, 0) is 4.84 Å². The number of carbonyl (C=O) groups excluding carboxylic acids is 1. The van der Waals surface area contributed by atoms with Crippen molar-refractivity contribution in [3.05, 3.63) is 17.0 Å². The first-order valence-corrected chi connectivity index (χ1v) is 8.76. The van der Waals surface area contributed by atoms with Gasteiger partial charge in [0, 0.05) is 11.9 Å². The summed E-state index contributed by atoms with van der Waals surface area (Å²) in [6, 6.07) is 1.82. The molecule has 2 rings (SSSR count). The van der Waals surface area contributed by atoms with E-state index in [1.807, 2.05) is 11.4 Å². The van der Waals surface area contributed by atoms with Crippen molar-refractivity contribution >= 4 is 22.2 Å². The van der Waals surface area contributed by atoms with Gasteiger partial charge in [-0.3, -0.25) is 15.1 Å². The van der Waals surface area contributed by atoms with Crippen molar-refractivity contribution in [3.63, 3.8) is 0 Å². The van der Waals surface area contributed by atoms with Crippen LogP contribution in [0.2, 0.25) is 0 Å². The van der Waals surface area contributed by atoms with E-state index in [1.54, 1.807) is 7.11 Å². The van der Waals surface area contributed by atoms with Crippen molar-refractivity contribution in [2.24, 2.45) is 11.8 Å². The summed E-state index contributed by atoms with van der Waals surface area (Å²) < 4.78 is 0. The van der Waals surface area contributed by atoms with Gasteiger partial charge in [-0.2, -0.15) is 0 Å². The van der Waals surface area contributed by atoms with Crippen molar-refractivity contribution in [1.82, 2.24) is 5.32 Å². The van der Waals surface area contributed by atoms with Crippen molar-refractivity contribution < 1.29 is 9.63 Å². The Labute approximate surface area is 131 Å². The molecular formula is C16H26N2O2S. The van der Waals surface area contributed by atoms with E-state index >= 15 is 0 Å². The first-order chi connectivity index (χ1) is 10.2. The zero-order chi connectivity index (χ0) is 15.1. The number of amides is 1. The summed E-state index contributed by atoms with van der Waals surface area (Å²) in [5.41, 5.74) is 3.45. The average Bonchev–Trinajstić information content (AvgIpc) is 2.96. The molecule has 0 aromatic carbocycles. The van der Waals surface area contributed by atoms with E-state index in [1.165, 1.54) is 49.9 Å². The third-order valence-electron chi connectivity index (χ3n) is 4.28. The van der Waals surface area contributed by atoms with Crippen LogP contribution in [0.25, 0.3) is 0 Å². The van der Waals surface area contributed by atoms with Crippen LogP contribution in [0.3, 0.4) is 0 Å². The lowest BCUT2D eigenvalue weighted by Crippen LogP contribution is -2.31. The predicted molar refractivity (Wildman–Crippen MR) is 87.6 cm³/mol. The Morgan fingerprint density at radius 1 is 1.33 bits per heavy atom. The van der Waals surface area contributed by atoms with Crippen LogP contribution in [0.4, 0.5) is 5.00 Å². The molecule has 21 heavy (non-hydrogen) atoms. The summed E-state index contributed by atoms with van der Waals surface area (Å²) in [5, 5.41) is 5.78. The molecule has 1 aromatic heterocycles. The van der Waals surface area contributed by atoms with Gasteiger partial charge in [0.15, 0.2) is 0 Å². The van der Waals surface area contributed by atoms with Crippen LogP contribution in [0, 0.1) is 11.8 Å². The fourth-order valence-corrected chi connectivity index (χ4v) is 3.84. The van der Waals surface area contributed by atoms with Crippen LogP contribution < -0.4 is 10.8 Å². The van der Waals surface area contributed by atoms with Gasteiger partial charge in [0.05, 0.1) is 12.7 Å². The standard InChI is InChI=1S/C16H26N2O2S/c1-3-4-12-5-7-13(8-6-12)10-17-16(19)14-9-15(18-20-2)21-11-14/h9,11-13,18H,3-8,10H2,1-2H3,(H,17,19). The zero-order valence-corrected chi connectivity index (χ0v) is 13.8. The van der Waals surface area contributed by atoms with Gasteiger partial charge < -0.3 is 5.32 Å². The summed E-state index contributed by atoms with van der Waals surface area (Å²) in [4.78, 5) is 16.9. The largest absolute Gasteiger partial charge is 0.352 e.